The Balaban J connectivity index is 1.89. The van der Waals surface area contributed by atoms with Gasteiger partial charge in [0.15, 0.2) is 5.11 Å². The third-order valence-corrected chi connectivity index (χ3v) is 4.00. The average molecular weight is 361 g/mol. The highest BCUT2D eigenvalue weighted by molar-refractivity contribution is 7.80. The van der Waals surface area contributed by atoms with Crippen molar-refractivity contribution in [3.63, 3.8) is 0 Å². The number of nitrogens with two attached hydrogens (primary N) is 1. The Hall–Kier alpha value is -3.18. The van der Waals surface area contributed by atoms with E-state index in [1.807, 2.05) is 66.7 Å². The molecule has 0 fully saturated rings. The Bertz CT molecular complexity index is 965. The van der Waals surface area contributed by atoms with Gasteiger partial charge in [0.1, 0.15) is 12.4 Å². The lowest BCUT2D eigenvalue weighted by Gasteiger charge is -2.12. The van der Waals surface area contributed by atoms with Gasteiger partial charge in [-0.25, -0.2) is 0 Å². The van der Waals surface area contributed by atoms with Gasteiger partial charge in [0.2, 0.25) is 0 Å². The number of benzene rings is 3. The number of rotatable bonds is 6. The largest absolute Gasteiger partial charge is 0.488 e. The summed E-state index contributed by atoms with van der Waals surface area (Å²) in [6.45, 7) is 4.22. The SMILES string of the molecule is C=Cc1ccc(COc2ccc3ccccc3c2/C=N/NC(N)=S)cc1. The summed E-state index contributed by atoms with van der Waals surface area (Å²) in [5.74, 6) is 0.741. The molecular weight excluding hydrogens is 342 g/mol. The van der Waals surface area contributed by atoms with Crippen molar-refractivity contribution in [2.24, 2.45) is 10.8 Å². The van der Waals surface area contributed by atoms with Crippen molar-refractivity contribution < 1.29 is 4.74 Å². The number of hydrogen-bond donors (Lipinski definition) is 2. The molecule has 0 aromatic heterocycles. The molecule has 0 aliphatic rings. The number of fused-ring (bicyclic) bond motifs is 1. The van der Waals surface area contributed by atoms with E-state index >= 15 is 0 Å². The van der Waals surface area contributed by atoms with Crippen molar-refractivity contribution in [1.82, 2.24) is 5.43 Å². The molecule has 0 aliphatic heterocycles. The first kappa shape index (κ1) is 17.6. The fourth-order valence-corrected chi connectivity index (χ4v) is 2.66. The van der Waals surface area contributed by atoms with Crippen LogP contribution in [-0.4, -0.2) is 11.3 Å². The van der Waals surface area contributed by atoms with Gasteiger partial charge < -0.3 is 10.5 Å². The van der Waals surface area contributed by atoms with Crippen LogP contribution in [-0.2, 0) is 6.61 Å². The van der Waals surface area contributed by atoms with Crippen LogP contribution in [0.25, 0.3) is 16.8 Å². The first-order chi connectivity index (χ1) is 12.7. The zero-order chi connectivity index (χ0) is 18.4. The van der Waals surface area contributed by atoms with E-state index < -0.39 is 0 Å². The number of hydrazone groups is 1. The molecule has 5 heteroatoms. The van der Waals surface area contributed by atoms with Crippen LogP contribution < -0.4 is 15.9 Å². The van der Waals surface area contributed by atoms with Crippen LogP contribution in [0, 0.1) is 0 Å². The maximum absolute atomic E-state index is 6.05. The zero-order valence-electron chi connectivity index (χ0n) is 14.2. The molecule has 130 valence electrons. The van der Waals surface area contributed by atoms with Gasteiger partial charge >= 0.3 is 0 Å². The second-order valence-electron chi connectivity index (χ2n) is 5.67. The molecule has 0 saturated carbocycles. The number of thiocarbonyl (C=S) groups is 1. The summed E-state index contributed by atoms with van der Waals surface area (Å²) in [6, 6.07) is 20.1. The predicted octanol–water partition coefficient (Wildman–Crippen LogP) is 4.23. The molecule has 3 aromatic carbocycles. The van der Waals surface area contributed by atoms with Crippen molar-refractivity contribution in [2.45, 2.75) is 6.61 Å². The minimum Gasteiger partial charge on any atom is -0.488 e. The Morgan fingerprint density at radius 2 is 1.88 bits per heavy atom. The van der Waals surface area contributed by atoms with E-state index in [-0.39, 0.29) is 5.11 Å². The Morgan fingerprint density at radius 1 is 1.12 bits per heavy atom. The van der Waals surface area contributed by atoms with Gasteiger partial charge in [-0.05, 0) is 40.2 Å². The standard InChI is InChI=1S/C21H19N3OS/c1-2-15-7-9-16(10-8-15)14-25-20-12-11-17-5-3-4-6-18(17)19(20)13-23-24-21(22)26/h2-13H,1,14H2,(H3,22,24,26)/b23-13+. The van der Waals surface area contributed by atoms with Crippen LogP contribution in [0.5, 0.6) is 5.75 Å². The molecule has 0 unspecified atom stereocenters. The third kappa shape index (κ3) is 4.26. The van der Waals surface area contributed by atoms with Gasteiger partial charge in [0, 0.05) is 5.56 Å². The summed E-state index contributed by atoms with van der Waals surface area (Å²) in [4.78, 5) is 0. The number of hydrogen-bond acceptors (Lipinski definition) is 3. The topological polar surface area (TPSA) is 59.6 Å². The van der Waals surface area contributed by atoms with Crippen molar-refractivity contribution in [1.29, 1.82) is 0 Å². The molecule has 0 heterocycles. The molecule has 0 spiro atoms. The van der Waals surface area contributed by atoms with Crippen LogP contribution in [0.2, 0.25) is 0 Å². The first-order valence-electron chi connectivity index (χ1n) is 8.12. The highest BCUT2D eigenvalue weighted by Crippen LogP contribution is 2.27. The summed E-state index contributed by atoms with van der Waals surface area (Å²) in [7, 11) is 0. The molecule has 3 aromatic rings. The fraction of sp³-hybridized carbons (Fsp3) is 0.0476. The van der Waals surface area contributed by atoms with Gasteiger partial charge in [-0.15, -0.1) is 0 Å². The van der Waals surface area contributed by atoms with Crippen LogP contribution in [0.3, 0.4) is 0 Å². The molecule has 0 aliphatic carbocycles. The molecule has 3 rings (SSSR count). The molecule has 0 bridgehead atoms. The van der Waals surface area contributed by atoms with E-state index in [4.69, 9.17) is 22.7 Å². The van der Waals surface area contributed by atoms with Crippen molar-refractivity contribution in [3.05, 3.63) is 83.9 Å². The minimum atomic E-state index is 0.117. The van der Waals surface area contributed by atoms with Crippen LogP contribution in [0.1, 0.15) is 16.7 Å². The number of ether oxygens (including phenoxy) is 1. The van der Waals surface area contributed by atoms with Crippen molar-refractivity contribution in [2.75, 3.05) is 0 Å². The Kier molecular flexibility index (Phi) is 5.61. The van der Waals surface area contributed by atoms with Crippen LogP contribution in [0.4, 0.5) is 0 Å². The Labute approximate surface area is 158 Å². The maximum atomic E-state index is 6.05. The van der Waals surface area contributed by atoms with Gasteiger partial charge in [-0.3, -0.25) is 5.43 Å². The number of nitrogens with zero attached hydrogens (tertiary/aromatic N) is 1. The molecular formula is C21H19N3OS. The van der Waals surface area contributed by atoms with Crippen molar-refractivity contribution in [3.8, 4) is 5.75 Å². The van der Waals surface area contributed by atoms with Gasteiger partial charge in [0.05, 0.1) is 6.21 Å². The lowest BCUT2D eigenvalue weighted by atomic mass is 10.0. The molecule has 0 amide bonds. The smallest absolute Gasteiger partial charge is 0.184 e. The normalized spacial score (nSPS) is 10.8. The van der Waals surface area contributed by atoms with Crippen LogP contribution >= 0.6 is 12.2 Å². The molecule has 0 saturated heterocycles. The molecule has 3 N–H and O–H groups in total. The predicted molar refractivity (Wildman–Crippen MR) is 112 cm³/mol. The third-order valence-electron chi connectivity index (χ3n) is 3.91. The lowest BCUT2D eigenvalue weighted by molar-refractivity contribution is 0.306. The van der Waals surface area contributed by atoms with Gasteiger partial charge in [-0.1, -0.05) is 67.3 Å². The fourth-order valence-electron chi connectivity index (χ4n) is 2.61. The van der Waals surface area contributed by atoms with E-state index in [0.29, 0.717) is 6.61 Å². The van der Waals surface area contributed by atoms with E-state index in [1.165, 1.54) is 0 Å². The van der Waals surface area contributed by atoms with E-state index in [9.17, 15) is 0 Å². The molecule has 4 nitrogen and oxygen atoms in total. The second-order valence-corrected chi connectivity index (χ2v) is 6.11. The van der Waals surface area contributed by atoms with E-state index in [1.54, 1.807) is 6.21 Å². The highest BCUT2D eigenvalue weighted by Gasteiger charge is 2.07. The average Bonchev–Trinajstić information content (AvgIpc) is 2.67. The minimum absolute atomic E-state index is 0.117. The summed E-state index contributed by atoms with van der Waals surface area (Å²) in [6.07, 6.45) is 3.50. The summed E-state index contributed by atoms with van der Waals surface area (Å²) in [5, 5.41) is 6.36. The number of nitrogens with one attached hydrogen (secondary N) is 1. The lowest BCUT2D eigenvalue weighted by Crippen LogP contribution is -2.24. The second kappa shape index (κ2) is 8.27. The highest BCUT2D eigenvalue weighted by atomic mass is 32.1. The monoisotopic (exact) mass is 361 g/mol. The summed E-state index contributed by atoms with van der Waals surface area (Å²) < 4.78 is 6.05. The van der Waals surface area contributed by atoms with Crippen LogP contribution in [0.15, 0.2) is 72.3 Å². The van der Waals surface area contributed by atoms with Gasteiger partial charge in [0.25, 0.3) is 0 Å². The zero-order valence-corrected chi connectivity index (χ0v) is 15.0. The van der Waals surface area contributed by atoms with E-state index in [2.05, 4.69) is 17.1 Å². The quantitative estimate of drug-likeness (QED) is 0.392. The maximum Gasteiger partial charge on any atom is 0.184 e. The Morgan fingerprint density at radius 3 is 2.62 bits per heavy atom. The first-order valence-corrected chi connectivity index (χ1v) is 8.52. The van der Waals surface area contributed by atoms with Crippen molar-refractivity contribution >= 4 is 40.4 Å². The molecule has 0 atom stereocenters. The molecule has 0 radical (unpaired) electrons. The van der Waals surface area contributed by atoms with E-state index in [0.717, 1.165) is 33.2 Å². The summed E-state index contributed by atoms with van der Waals surface area (Å²) in [5.41, 5.74) is 11.0. The molecule has 26 heavy (non-hydrogen) atoms. The van der Waals surface area contributed by atoms with Gasteiger partial charge in [-0.2, -0.15) is 5.10 Å². The summed E-state index contributed by atoms with van der Waals surface area (Å²) >= 11 is 4.79.